The average Bonchev–Trinajstić information content (AvgIpc) is 3.30. The summed E-state index contributed by atoms with van der Waals surface area (Å²) in [6, 6.07) is 3.35. The maximum atomic E-state index is 14.7. The predicted molar refractivity (Wildman–Crippen MR) is 186 cm³/mol. The smallest absolute Gasteiger partial charge is 0.211 e. The summed E-state index contributed by atoms with van der Waals surface area (Å²) in [5, 5.41) is 23.9. The molecule has 1 unspecified atom stereocenters. The second kappa shape index (κ2) is 10.6. The summed E-state index contributed by atoms with van der Waals surface area (Å²) in [5.41, 5.74) is -2.92. The van der Waals surface area contributed by atoms with Crippen molar-refractivity contribution in [2.45, 2.75) is 109 Å². The number of allylic oxidation sites excluding steroid dienone is 4. The van der Waals surface area contributed by atoms with Gasteiger partial charge in [-0.1, -0.05) is 32.1 Å². The van der Waals surface area contributed by atoms with Gasteiger partial charge in [-0.05, 0) is 142 Å². The number of fused-ring (bicyclic) bond motifs is 1. The normalized spacial score (nSPS) is 48.4. The lowest BCUT2D eigenvalue weighted by Gasteiger charge is -2.71. The first-order valence-electron chi connectivity index (χ1n) is 19.2. The second-order valence-electron chi connectivity index (χ2n) is 19.2. The van der Waals surface area contributed by atoms with Crippen molar-refractivity contribution in [2.24, 2.45) is 56.7 Å². The zero-order valence-corrected chi connectivity index (χ0v) is 30.6. The molecule has 6 nitrogen and oxygen atoms in total. The first-order chi connectivity index (χ1) is 23.4. The number of Topliss-reactive ketones (excluding diaryl/α,β-unsaturated/α-hetero) is 1. The van der Waals surface area contributed by atoms with Gasteiger partial charge < -0.3 is 10.2 Å². The van der Waals surface area contributed by atoms with Crippen LogP contribution in [0.15, 0.2) is 42.0 Å². The second-order valence-corrected chi connectivity index (χ2v) is 21.2. The number of aliphatic hydroxyl groups is 2. The lowest BCUT2D eigenvalue weighted by Crippen LogP contribution is -2.67. The summed E-state index contributed by atoms with van der Waals surface area (Å²) in [7, 11) is -3.63. The predicted octanol–water partition coefficient (Wildman–Crippen LogP) is 7.22. The minimum atomic E-state index is -3.63. The number of ketones is 1. The number of hydrogen-bond acceptors (Lipinski definition) is 5. The van der Waals surface area contributed by atoms with E-state index in [4.69, 9.17) is 0 Å². The molecule has 0 aromatic heterocycles. The zero-order valence-electron chi connectivity index (χ0n) is 29.8. The van der Waals surface area contributed by atoms with Gasteiger partial charge in [-0.3, -0.25) is 4.79 Å². The minimum Gasteiger partial charge on any atom is -0.393 e. The molecule has 0 saturated heterocycles. The molecule has 7 fully saturated rings. The lowest BCUT2D eigenvalue weighted by atomic mass is 9.32. The van der Waals surface area contributed by atoms with Gasteiger partial charge in [0.15, 0.2) is 17.4 Å². The van der Waals surface area contributed by atoms with Crippen LogP contribution in [-0.2, 0) is 10.0 Å². The Balaban J connectivity index is 1.11. The number of aliphatic hydroxyl groups excluding tert-OH is 1. The molecule has 272 valence electrons. The maximum Gasteiger partial charge on any atom is 0.211 e. The number of carbonyl (C=O) groups is 1. The topological polar surface area (TPSA) is 94.9 Å². The number of hydrogen-bond donors (Lipinski definition) is 2. The van der Waals surface area contributed by atoms with Gasteiger partial charge in [0.25, 0.3) is 0 Å². The molecule has 1 aromatic rings. The molecule has 2 spiro atoms. The van der Waals surface area contributed by atoms with Gasteiger partial charge in [0.05, 0.1) is 18.0 Å². The van der Waals surface area contributed by atoms with Crippen molar-refractivity contribution >= 4 is 15.8 Å². The summed E-state index contributed by atoms with van der Waals surface area (Å²) < 4.78 is 57.6. The van der Waals surface area contributed by atoms with E-state index in [0.717, 1.165) is 44.2 Å². The van der Waals surface area contributed by atoms with Crippen LogP contribution >= 0.6 is 0 Å². The van der Waals surface area contributed by atoms with Gasteiger partial charge >= 0.3 is 0 Å². The Morgan fingerprint density at radius 3 is 2.12 bits per heavy atom. The molecule has 7 saturated carbocycles. The van der Waals surface area contributed by atoms with Crippen molar-refractivity contribution in [3.8, 4) is 0 Å². The fraction of sp³-hybridized carbons (Fsp3) is 0.732. The summed E-state index contributed by atoms with van der Waals surface area (Å²) in [4.78, 5) is 14.7. The molecule has 9 heteroatoms. The van der Waals surface area contributed by atoms with E-state index in [2.05, 4.69) is 32.1 Å². The van der Waals surface area contributed by atoms with Gasteiger partial charge in [0.2, 0.25) is 10.0 Å². The van der Waals surface area contributed by atoms with E-state index in [9.17, 15) is 32.2 Å². The SMILES string of the molecule is C[C@]12CC[C@H]3[C@]4(C=C[C@@]5(C=C4C(=O)c4ccc(F)c(F)c4)CC(O)CC[C@]35C)[C@@H]1CC[C@@]2(O)CN(CC12CC3CC(CC(C3)C1)C2)S(C)(=O)=O. The highest BCUT2D eigenvalue weighted by Gasteiger charge is 2.74. The summed E-state index contributed by atoms with van der Waals surface area (Å²) in [5.74, 6) is -0.480. The Hall–Kier alpha value is -1.94. The molecule has 8 atom stereocenters. The Bertz CT molecular complexity index is 1790. The molecule has 10 aliphatic carbocycles. The van der Waals surface area contributed by atoms with Gasteiger partial charge in [-0.25, -0.2) is 17.2 Å². The van der Waals surface area contributed by atoms with Crippen molar-refractivity contribution in [1.29, 1.82) is 0 Å². The van der Waals surface area contributed by atoms with Crippen molar-refractivity contribution in [1.82, 2.24) is 4.31 Å². The Labute approximate surface area is 295 Å². The maximum absolute atomic E-state index is 14.7. The lowest BCUT2D eigenvalue weighted by molar-refractivity contribution is -0.175. The van der Waals surface area contributed by atoms with Crippen LogP contribution in [-0.4, -0.2) is 59.8 Å². The molecule has 6 bridgehead atoms. The third kappa shape index (κ3) is 4.44. The molecular weight excluding hydrogens is 657 g/mol. The number of nitrogens with zero attached hydrogens (tertiary/aromatic N) is 1. The van der Waals surface area contributed by atoms with E-state index < -0.39 is 49.6 Å². The largest absolute Gasteiger partial charge is 0.393 e. The Kier molecular flexibility index (Phi) is 7.18. The molecule has 11 rings (SSSR count). The number of carbonyl (C=O) groups excluding carboxylic acids is 1. The van der Waals surface area contributed by atoms with Gasteiger partial charge in [0.1, 0.15) is 0 Å². The molecule has 1 aromatic carbocycles. The first kappa shape index (κ1) is 33.9. The van der Waals surface area contributed by atoms with Crippen LogP contribution in [0.3, 0.4) is 0 Å². The molecule has 0 radical (unpaired) electrons. The highest BCUT2D eigenvalue weighted by atomic mass is 32.2. The number of halogens is 2. The van der Waals surface area contributed by atoms with Gasteiger partial charge in [-0.15, -0.1) is 0 Å². The number of rotatable bonds is 7. The van der Waals surface area contributed by atoms with E-state index in [1.165, 1.54) is 31.6 Å². The molecule has 0 heterocycles. The minimum absolute atomic E-state index is 0.0187. The van der Waals surface area contributed by atoms with Crippen LogP contribution in [0.2, 0.25) is 0 Å². The van der Waals surface area contributed by atoms with Crippen LogP contribution in [0.1, 0.15) is 108 Å². The highest BCUT2D eigenvalue weighted by Crippen LogP contribution is 2.78. The average molecular weight is 710 g/mol. The highest BCUT2D eigenvalue weighted by molar-refractivity contribution is 7.88. The molecule has 0 aliphatic heterocycles. The van der Waals surface area contributed by atoms with E-state index >= 15 is 0 Å². The summed E-state index contributed by atoms with van der Waals surface area (Å²) in [6.07, 6.45) is 18.8. The first-order valence-corrected chi connectivity index (χ1v) is 21.1. The Morgan fingerprint density at radius 2 is 1.48 bits per heavy atom. The molecular formula is C41H53F2NO5S. The standard InChI is InChI=1S/C41H53F2NO5S/c1-36-9-6-29(45)21-39(36)12-13-41(30(22-39)35(46)28-4-5-31(42)32(43)17-28)33(36)7-10-37(2)34(41)8-11-40(37,47)24-44(50(3,48)49)23-38-18-25-14-26(19-38)16-27(15-25)20-38/h4-5,12-13,17,22,25-27,29,33-34,45,47H,6-11,14-16,18-21,23-24H2,1-3H3/t25?,26?,27?,29?,33-,34-,36-,37+,38?,39+,40-,41-/m1/s1. The van der Waals surface area contributed by atoms with Crippen LogP contribution in [0.5, 0.6) is 0 Å². The molecule has 2 N–H and O–H groups in total. The van der Waals surface area contributed by atoms with Crippen LogP contribution in [0, 0.1) is 68.3 Å². The van der Waals surface area contributed by atoms with Crippen molar-refractivity contribution in [3.05, 3.63) is 59.2 Å². The van der Waals surface area contributed by atoms with E-state index in [1.54, 1.807) is 4.31 Å². The summed E-state index contributed by atoms with van der Waals surface area (Å²) in [6.45, 7) is 4.94. The summed E-state index contributed by atoms with van der Waals surface area (Å²) >= 11 is 0. The fourth-order valence-electron chi connectivity index (χ4n) is 14.8. The number of sulfonamides is 1. The van der Waals surface area contributed by atoms with Crippen LogP contribution in [0.4, 0.5) is 8.78 Å². The van der Waals surface area contributed by atoms with Crippen molar-refractivity contribution < 1.29 is 32.2 Å². The van der Waals surface area contributed by atoms with E-state index in [0.29, 0.717) is 62.0 Å². The monoisotopic (exact) mass is 709 g/mol. The van der Waals surface area contributed by atoms with Gasteiger partial charge in [0, 0.05) is 40.5 Å². The van der Waals surface area contributed by atoms with Gasteiger partial charge in [-0.2, -0.15) is 4.31 Å². The Morgan fingerprint density at radius 1 is 0.860 bits per heavy atom. The third-order valence-corrected chi connectivity index (χ3v) is 17.9. The van der Waals surface area contributed by atoms with Crippen molar-refractivity contribution in [3.63, 3.8) is 0 Å². The quantitative estimate of drug-likeness (QED) is 0.231. The zero-order chi connectivity index (χ0) is 35.3. The van der Waals surface area contributed by atoms with Crippen LogP contribution in [0.25, 0.3) is 0 Å². The number of benzene rings is 1. The molecule has 50 heavy (non-hydrogen) atoms. The van der Waals surface area contributed by atoms with Crippen LogP contribution < -0.4 is 0 Å². The molecule has 10 aliphatic rings. The van der Waals surface area contributed by atoms with E-state index in [1.807, 2.05) is 0 Å². The third-order valence-electron chi connectivity index (χ3n) is 16.7. The molecule has 0 amide bonds. The van der Waals surface area contributed by atoms with Crippen molar-refractivity contribution in [2.75, 3.05) is 19.3 Å². The fourth-order valence-corrected chi connectivity index (χ4v) is 15.8. The van der Waals surface area contributed by atoms with E-state index in [-0.39, 0.29) is 40.6 Å².